The van der Waals surface area contributed by atoms with E-state index in [9.17, 15) is 9.59 Å². The van der Waals surface area contributed by atoms with E-state index in [0.29, 0.717) is 5.75 Å². The standard InChI is InChI=1S/C20H35N3O2S/c1-15(2)8-6-9-16(3)10-7-11-17(4)12-13-26-14-19(20(25)23-21)22-18(5)24/h8,10,12,19H,6-7,9,11,13-14,21H2,1-5H3,(H,22,24)(H,23,25). The Morgan fingerprint density at radius 3 is 2.08 bits per heavy atom. The number of rotatable bonds is 12. The van der Waals surface area contributed by atoms with Crippen LogP contribution in [0.1, 0.15) is 60.3 Å². The number of carbonyl (C=O) groups excluding carboxylic acids is 2. The molecule has 2 amide bonds. The maximum Gasteiger partial charge on any atom is 0.257 e. The van der Waals surface area contributed by atoms with Gasteiger partial charge in [-0.1, -0.05) is 34.9 Å². The van der Waals surface area contributed by atoms with E-state index in [1.165, 1.54) is 23.6 Å². The van der Waals surface area contributed by atoms with Gasteiger partial charge in [-0.25, -0.2) is 5.84 Å². The summed E-state index contributed by atoms with van der Waals surface area (Å²) in [6.07, 6.45) is 11.1. The van der Waals surface area contributed by atoms with Gasteiger partial charge in [0.2, 0.25) is 5.91 Å². The van der Waals surface area contributed by atoms with Crippen molar-refractivity contribution in [1.29, 1.82) is 0 Å². The summed E-state index contributed by atoms with van der Waals surface area (Å²) in [6.45, 7) is 9.97. The van der Waals surface area contributed by atoms with E-state index in [-0.39, 0.29) is 11.8 Å². The van der Waals surface area contributed by atoms with Crippen molar-refractivity contribution in [3.05, 3.63) is 34.9 Å². The minimum atomic E-state index is -0.595. The molecular weight excluding hydrogens is 346 g/mol. The zero-order valence-corrected chi connectivity index (χ0v) is 17.7. The fourth-order valence-corrected chi connectivity index (χ4v) is 3.26. The van der Waals surface area contributed by atoms with Crippen LogP contribution in [0.2, 0.25) is 0 Å². The van der Waals surface area contributed by atoms with E-state index >= 15 is 0 Å². The second kappa shape index (κ2) is 14.6. The third kappa shape index (κ3) is 13.7. The molecular formula is C20H35N3O2S. The highest BCUT2D eigenvalue weighted by Gasteiger charge is 2.17. The van der Waals surface area contributed by atoms with Crippen LogP contribution >= 0.6 is 11.8 Å². The molecule has 148 valence electrons. The minimum Gasteiger partial charge on any atom is -0.344 e. The first-order chi connectivity index (χ1) is 12.3. The Morgan fingerprint density at radius 2 is 1.54 bits per heavy atom. The molecule has 6 heteroatoms. The maximum atomic E-state index is 11.6. The number of amides is 2. The van der Waals surface area contributed by atoms with Crippen molar-refractivity contribution in [2.24, 2.45) is 5.84 Å². The van der Waals surface area contributed by atoms with Crippen LogP contribution < -0.4 is 16.6 Å². The summed E-state index contributed by atoms with van der Waals surface area (Å²) in [7, 11) is 0. The van der Waals surface area contributed by atoms with Gasteiger partial charge in [-0.15, -0.1) is 0 Å². The minimum absolute atomic E-state index is 0.238. The second-order valence-electron chi connectivity index (χ2n) is 6.76. The molecule has 5 nitrogen and oxygen atoms in total. The van der Waals surface area contributed by atoms with Gasteiger partial charge in [0.15, 0.2) is 0 Å². The molecule has 0 aromatic carbocycles. The number of nitrogens with one attached hydrogen (secondary N) is 2. The zero-order valence-electron chi connectivity index (χ0n) is 16.9. The zero-order chi connectivity index (χ0) is 19.9. The van der Waals surface area contributed by atoms with Crippen LogP contribution in [-0.4, -0.2) is 29.4 Å². The average molecular weight is 382 g/mol. The lowest BCUT2D eigenvalue weighted by atomic mass is 10.1. The van der Waals surface area contributed by atoms with E-state index in [0.717, 1.165) is 31.4 Å². The third-order valence-electron chi connectivity index (χ3n) is 3.79. The number of carbonyl (C=O) groups is 2. The fourth-order valence-electron chi connectivity index (χ4n) is 2.25. The first kappa shape index (κ1) is 24.5. The number of thioether (sulfide) groups is 1. The smallest absolute Gasteiger partial charge is 0.257 e. The van der Waals surface area contributed by atoms with Crippen molar-refractivity contribution in [3.63, 3.8) is 0 Å². The van der Waals surface area contributed by atoms with Gasteiger partial charge in [0.25, 0.3) is 5.91 Å². The van der Waals surface area contributed by atoms with Crippen molar-refractivity contribution in [2.45, 2.75) is 66.3 Å². The first-order valence-corrected chi connectivity index (χ1v) is 10.2. The summed E-state index contributed by atoms with van der Waals surface area (Å²) >= 11 is 1.60. The van der Waals surface area contributed by atoms with Crippen molar-refractivity contribution >= 4 is 23.6 Å². The van der Waals surface area contributed by atoms with Gasteiger partial charge >= 0.3 is 0 Å². The van der Waals surface area contributed by atoms with E-state index in [4.69, 9.17) is 5.84 Å². The Morgan fingerprint density at radius 1 is 0.962 bits per heavy atom. The van der Waals surface area contributed by atoms with Gasteiger partial charge in [0, 0.05) is 18.4 Å². The van der Waals surface area contributed by atoms with Crippen LogP contribution in [0.25, 0.3) is 0 Å². The molecule has 0 aliphatic carbocycles. The number of hydrogen-bond acceptors (Lipinski definition) is 4. The topological polar surface area (TPSA) is 84.2 Å². The van der Waals surface area contributed by atoms with Crippen LogP contribution in [0.5, 0.6) is 0 Å². The Kier molecular flexibility index (Phi) is 13.8. The molecule has 4 N–H and O–H groups in total. The van der Waals surface area contributed by atoms with Crippen LogP contribution in [0, 0.1) is 0 Å². The summed E-state index contributed by atoms with van der Waals surface area (Å²) in [6, 6.07) is -0.595. The highest BCUT2D eigenvalue weighted by molar-refractivity contribution is 7.99. The second-order valence-corrected chi connectivity index (χ2v) is 7.83. The lowest BCUT2D eigenvalue weighted by molar-refractivity contribution is -0.127. The van der Waals surface area contributed by atoms with E-state index in [2.05, 4.69) is 56.7 Å². The van der Waals surface area contributed by atoms with Gasteiger partial charge in [0.1, 0.15) is 6.04 Å². The van der Waals surface area contributed by atoms with Crippen molar-refractivity contribution < 1.29 is 9.59 Å². The van der Waals surface area contributed by atoms with Crippen molar-refractivity contribution in [3.8, 4) is 0 Å². The van der Waals surface area contributed by atoms with E-state index in [1.807, 2.05) is 0 Å². The average Bonchev–Trinajstić information content (AvgIpc) is 2.56. The number of allylic oxidation sites excluding steroid dienone is 5. The quantitative estimate of drug-likeness (QED) is 0.158. The molecule has 0 rings (SSSR count). The van der Waals surface area contributed by atoms with Gasteiger partial charge in [0.05, 0.1) is 0 Å². The lowest BCUT2D eigenvalue weighted by Crippen LogP contribution is -2.49. The predicted octanol–water partition coefficient (Wildman–Crippen LogP) is 3.63. The van der Waals surface area contributed by atoms with Crippen molar-refractivity contribution in [2.75, 3.05) is 11.5 Å². The Bertz CT molecular complexity index is 535. The maximum absolute atomic E-state index is 11.6. The number of hydrazine groups is 1. The molecule has 0 spiro atoms. The molecule has 0 bridgehead atoms. The predicted molar refractivity (Wildman–Crippen MR) is 113 cm³/mol. The number of nitrogens with two attached hydrogens (primary N) is 1. The molecule has 0 aromatic heterocycles. The first-order valence-electron chi connectivity index (χ1n) is 9.06. The molecule has 0 saturated carbocycles. The molecule has 0 aromatic rings. The summed E-state index contributed by atoms with van der Waals surface area (Å²) < 4.78 is 0. The molecule has 1 atom stereocenters. The molecule has 26 heavy (non-hydrogen) atoms. The molecule has 0 fully saturated rings. The molecule has 0 aliphatic heterocycles. The summed E-state index contributed by atoms with van der Waals surface area (Å²) in [5, 5.41) is 2.60. The Hall–Kier alpha value is -1.53. The van der Waals surface area contributed by atoms with E-state index in [1.54, 1.807) is 11.8 Å². The van der Waals surface area contributed by atoms with Crippen LogP contribution in [-0.2, 0) is 9.59 Å². The molecule has 0 heterocycles. The van der Waals surface area contributed by atoms with Crippen LogP contribution in [0.15, 0.2) is 34.9 Å². The number of hydrogen-bond donors (Lipinski definition) is 3. The molecule has 0 aliphatic rings. The van der Waals surface area contributed by atoms with Gasteiger partial charge < -0.3 is 5.32 Å². The van der Waals surface area contributed by atoms with Gasteiger partial charge in [-0.05, 0) is 53.4 Å². The largest absolute Gasteiger partial charge is 0.344 e. The SMILES string of the molecule is CC(=O)NC(CSCC=C(C)CCC=C(C)CCC=C(C)C)C(=O)NN. The lowest BCUT2D eigenvalue weighted by Gasteiger charge is -2.15. The molecule has 1 unspecified atom stereocenters. The van der Waals surface area contributed by atoms with Crippen molar-refractivity contribution in [1.82, 2.24) is 10.7 Å². The van der Waals surface area contributed by atoms with E-state index < -0.39 is 6.04 Å². The third-order valence-corrected chi connectivity index (χ3v) is 4.76. The summed E-state index contributed by atoms with van der Waals surface area (Å²) in [5.41, 5.74) is 6.24. The molecule has 0 saturated heterocycles. The van der Waals surface area contributed by atoms with Gasteiger partial charge in [-0.2, -0.15) is 11.8 Å². The summed E-state index contributed by atoms with van der Waals surface area (Å²) in [4.78, 5) is 22.7. The molecule has 0 radical (unpaired) electrons. The fraction of sp³-hybridized carbons (Fsp3) is 0.600. The van der Waals surface area contributed by atoms with Gasteiger partial charge in [-0.3, -0.25) is 15.0 Å². The monoisotopic (exact) mass is 381 g/mol. The Labute approximate surface area is 162 Å². The van der Waals surface area contributed by atoms with Crippen LogP contribution in [0.3, 0.4) is 0 Å². The highest BCUT2D eigenvalue weighted by Crippen LogP contribution is 2.13. The summed E-state index contributed by atoms with van der Waals surface area (Å²) in [5.74, 6) is 5.84. The van der Waals surface area contributed by atoms with Crippen LogP contribution in [0.4, 0.5) is 0 Å². The highest BCUT2D eigenvalue weighted by atomic mass is 32.2. The normalized spacial score (nSPS) is 13.2. The Balaban J connectivity index is 4.14.